The third-order valence-electron chi connectivity index (χ3n) is 3.91. The van der Waals surface area contributed by atoms with Gasteiger partial charge < -0.3 is 10.2 Å². The lowest BCUT2D eigenvalue weighted by atomic mass is 10.1. The molecule has 1 atom stereocenters. The van der Waals surface area contributed by atoms with Crippen molar-refractivity contribution < 1.29 is 13.6 Å². The number of benzene rings is 1. The quantitative estimate of drug-likeness (QED) is 0.905. The van der Waals surface area contributed by atoms with Crippen LogP contribution in [0.3, 0.4) is 0 Å². The third-order valence-corrected chi connectivity index (χ3v) is 3.91. The minimum atomic E-state index is -0.661. The molecule has 0 saturated carbocycles. The van der Waals surface area contributed by atoms with Gasteiger partial charge in [0.1, 0.15) is 11.6 Å². The van der Waals surface area contributed by atoms with Crippen molar-refractivity contribution in [2.75, 3.05) is 13.1 Å². The summed E-state index contributed by atoms with van der Waals surface area (Å²) >= 11 is 0. The maximum absolute atomic E-state index is 13.7. The van der Waals surface area contributed by atoms with Gasteiger partial charge in [0.25, 0.3) is 0 Å². The predicted molar refractivity (Wildman–Crippen MR) is 77.9 cm³/mol. The molecule has 1 heterocycles. The molecule has 21 heavy (non-hydrogen) atoms. The van der Waals surface area contributed by atoms with Gasteiger partial charge in [0.15, 0.2) is 0 Å². The van der Waals surface area contributed by atoms with Gasteiger partial charge in [0.2, 0.25) is 5.91 Å². The Morgan fingerprint density at radius 3 is 2.57 bits per heavy atom. The van der Waals surface area contributed by atoms with Gasteiger partial charge in [0, 0.05) is 24.2 Å². The van der Waals surface area contributed by atoms with Crippen molar-refractivity contribution in [3.8, 4) is 0 Å². The molecule has 1 saturated heterocycles. The Balaban J connectivity index is 2.07. The van der Waals surface area contributed by atoms with Crippen molar-refractivity contribution in [1.82, 2.24) is 10.2 Å². The Morgan fingerprint density at radius 2 is 2.05 bits per heavy atom. The average Bonchev–Trinajstić information content (AvgIpc) is 2.93. The second-order valence-corrected chi connectivity index (χ2v) is 5.81. The zero-order valence-corrected chi connectivity index (χ0v) is 12.5. The first-order chi connectivity index (χ1) is 9.99. The summed E-state index contributed by atoms with van der Waals surface area (Å²) in [6.45, 7) is 5.40. The summed E-state index contributed by atoms with van der Waals surface area (Å²) in [4.78, 5) is 14.1. The van der Waals surface area contributed by atoms with E-state index in [1.54, 1.807) is 4.90 Å². The third kappa shape index (κ3) is 4.00. The van der Waals surface area contributed by atoms with E-state index in [1.807, 2.05) is 13.8 Å². The molecular formula is C16H22F2N2O. The highest BCUT2D eigenvalue weighted by Gasteiger charge is 2.25. The average molecular weight is 296 g/mol. The molecule has 116 valence electrons. The van der Waals surface area contributed by atoms with E-state index in [4.69, 9.17) is 0 Å². The predicted octanol–water partition coefficient (Wildman–Crippen LogP) is 2.50. The van der Waals surface area contributed by atoms with Crippen LogP contribution < -0.4 is 5.32 Å². The molecule has 0 bridgehead atoms. The normalized spacial score (nSPS) is 18.2. The number of amides is 1. The minimum absolute atomic E-state index is 0.00901. The summed E-state index contributed by atoms with van der Waals surface area (Å²) < 4.78 is 27.3. The summed E-state index contributed by atoms with van der Waals surface area (Å²) in [6, 6.07) is 3.96. The molecule has 5 heteroatoms. The van der Waals surface area contributed by atoms with E-state index >= 15 is 0 Å². The Morgan fingerprint density at radius 1 is 1.38 bits per heavy atom. The summed E-state index contributed by atoms with van der Waals surface area (Å²) in [7, 11) is 0. The van der Waals surface area contributed by atoms with Gasteiger partial charge in [-0.3, -0.25) is 4.79 Å². The van der Waals surface area contributed by atoms with Crippen molar-refractivity contribution in [2.24, 2.45) is 0 Å². The molecule has 1 aromatic carbocycles. The van der Waals surface area contributed by atoms with E-state index in [9.17, 15) is 13.6 Å². The lowest BCUT2D eigenvalue weighted by Gasteiger charge is -2.29. The van der Waals surface area contributed by atoms with Crippen LogP contribution in [-0.4, -0.2) is 36.0 Å². The van der Waals surface area contributed by atoms with E-state index in [2.05, 4.69) is 5.32 Å². The smallest absolute Gasteiger partial charge is 0.227 e. The Bertz CT molecular complexity index is 479. The SMILES string of the molecule is CC(C)N(CC1CCCN1)C(=O)Cc1c(F)cccc1F. The Kier molecular flexibility index (Phi) is 5.28. The summed E-state index contributed by atoms with van der Waals surface area (Å²) in [5.74, 6) is -1.56. The van der Waals surface area contributed by atoms with Crippen molar-refractivity contribution in [1.29, 1.82) is 0 Å². The van der Waals surface area contributed by atoms with Gasteiger partial charge in [-0.25, -0.2) is 8.78 Å². The maximum atomic E-state index is 13.7. The molecule has 1 aliphatic rings. The van der Waals surface area contributed by atoms with Gasteiger partial charge >= 0.3 is 0 Å². The van der Waals surface area contributed by atoms with Crippen LogP contribution in [0.5, 0.6) is 0 Å². The molecule has 1 aromatic rings. The Hall–Kier alpha value is -1.49. The monoisotopic (exact) mass is 296 g/mol. The van der Waals surface area contributed by atoms with E-state index < -0.39 is 11.6 Å². The van der Waals surface area contributed by atoms with Crippen molar-refractivity contribution in [2.45, 2.75) is 45.2 Å². The molecule has 1 N–H and O–H groups in total. The number of nitrogens with zero attached hydrogens (tertiary/aromatic N) is 1. The number of hydrogen-bond acceptors (Lipinski definition) is 2. The van der Waals surface area contributed by atoms with E-state index in [1.165, 1.54) is 18.2 Å². The second kappa shape index (κ2) is 6.98. The molecule has 0 spiro atoms. The summed E-state index contributed by atoms with van der Waals surface area (Å²) in [5, 5.41) is 3.34. The lowest BCUT2D eigenvalue weighted by molar-refractivity contribution is -0.132. The number of carbonyl (C=O) groups is 1. The standard InChI is InChI=1S/C16H22F2N2O/c1-11(2)20(10-12-5-4-8-19-12)16(21)9-13-14(17)6-3-7-15(13)18/h3,6-7,11-12,19H,4-5,8-10H2,1-2H3. The molecule has 3 nitrogen and oxygen atoms in total. The van der Waals surface area contributed by atoms with Crippen LogP contribution in [0.15, 0.2) is 18.2 Å². The van der Waals surface area contributed by atoms with Crippen molar-refractivity contribution in [3.05, 3.63) is 35.4 Å². The van der Waals surface area contributed by atoms with Crippen LogP contribution in [0, 0.1) is 11.6 Å². The van der Waals surface area contributed by atoms with Gasteiger partial charge in [-0.2, -0.15) is 0 Å². The van der Waals surface area contributed by atoms with Crippen LogP contribution in [0.2, 0.25) is 0 Å². The molecule has 1 amide bonds. The fourth-order valence-corrected chi connectivity index (χ4v) is 2.70. The first-order valence-electron chi connectivity index (χ1n) is 7.44. The van der Waals surface area contributed by atoms with E-state index in [0.29, 0.717) is 6.54 Å². The number of halogens is 2. The first kappa shape index (κ1) is 15.9. The molecule has 1 aliphatic heterocycles. The summed E-state index contributed by atoms with van der Waals surface area (Å²) in [5.41, 5.74) is -0.146. The van der Waals surface area contributed by atoms with Gasteiger partial charge in [-0.15, -0.1) is 0 Å². The van der Waals surface area contributed by atoms with E-state index in [0.717, 1.165) is 19.4 Å². The molecule has 2 rings (SSSR count). The van der Waals surface area contributed by atoms with Crippen LogP contribution in [0.1, 0.15) is 32.3 Å². The molecule has 0 aromatic heterocycles. The fourth-order valence-electron chi connectivity index (χ4n) is 2.70. The van der Waals surface area contributed by atoms with Crippen molar-refractivity contribution in [3.63, 3.8) is 0 Å². The number of hydrogen-bond donors (Lipinski definition) is 1. The number of rotatable bonds is 5. The maximum Gasteiger partial charge on any atom is 0.227 e. The van der Waals surface area contributed by atoms with Crippen LogP contribution in [0.4, 0.5) is 8.78 Å². The molecule has 1 fully saturated rings. The topological polar surface area (TPSA) is 32.3 Å². The number of nitrogens with one attached hydrogen (secondary N) is 1. The van der Waals surface area contributed by atoms with E-state index in [-0.39, 0.29) is 30.0 Å². The highest BCUT2D eigenvalue weighted by molar-refractivity contribution is 5.79. The molecular weight excluding hydrogens is 274 g/mol. The molecule has 0 aliphatic carbocycles. The Labute approximate surface area is 124 Å². The summed E-state index contributed by atoms with van der Waals surface area (Å²) in [6.07, 6.45) is 1.90. The van der Waals surface area contributed by atoms with Gasteiger partial charge in [-0.05, 0) is 45.4 Å². The van der Waals surface area contributed by atoms with Crippen LogP contribution >= 0.6 is 0 Å². The van der Waals surface area contributed by atoms with Crippen molar-refractivity contribution >= 4 is 5.91 Å². The second-order valence-electron chi connectivity index (χ2n) is 5.81. The zero-order chi connectivity index (χ0) is 15.4. The zero-order valence-electron chi connectivity index (χ0n) is 12.5. The fraction of sp³-hybridized carbons (Fsp3) is 0.562. The highest BCUT2D eigenvalue weighted by atomic mass is 19.1. The first-order valence-corrected chi connectivity index (χ1v) is 7.44. The van der Waals surface area contributed by atoms with Crippen LogP contribution in [-0.2, 0) is 11.2 Å². The largest absolute Gasteiger partial charge is 0.338 e. The molecule has 0 radical (unpaired) electrons. The van der Waals surface area contributed by atoms with Gasteiger partial charge in [0.05, 0.1) is 6.42 Å². The van der Waals surface area contributed by atoms with Gasteiger partial charge in [-0.1, -0.05) is 6.07 Å². The minimum Gasteiger partial charge on any atom is -0.338 e. The molecule has 1 unspecified atom stereocenters. The number of carbonyl (C=O) groups excluding carboxylic acids is 1. The highest BCUT2D eigenvalue weighted by Crippen LogP contribution is 2.16. The van der Waals surface area contributed by atoms with Crippen LogP contribution in [0.25, 0.3) is 0 Å². The lowest BCUT2D eigenvalue weighted by Crippen LogP contribution is -2.45.